The maximum Gasteiger partial charge on any atom is 0.176 e. The molecule has 2 unspecified atom stereocenters. The third-order valence-electron chi connectivity index (χ3n) is 4.66. The Bertz CT molecular complexity index is 494. The van der Waals surface area contributed by atoms with Crippen molar-refractivity contribution in [2.75, 3.05) is 20.1 Å². The molecule has 0 amide bonds. The molecule has 0 spiro atoms. The van der Waals surface area contributed by atoms with Gasteiger partial charge in [0.2, 0.25) is 0 Å². The molecule has 0 aromatic heterocycles. The molecule has 0 saturated heterocycles. The van der Waals surface area contributed by atoms with E-state index < -0.39 is 0 Å². The predicted octanol–water partition coefficient (Wildman–Crippen LogP) is 2.95. The van der Waals surface area contributed by atoms with Gasteiger partial charge in [-0.2, -0.15) is 0 Å². The number of Topliss-reactive ketones (excluding diaryl/α,β-unsaturated/α-hetero) is 1. The first-order valence-electron chi connectivity index (χ1n) is 7.47. The van der Waals surface area contributed by atoms with Crippen LogP contribution in [-0.2, 0) is 12.8 Å². The Morgan fingerprint density at radius 1 is 1.32 bits per heavy atom. The van der Waals surface area contributed by atoms with E-state index in [-0.39, 0.29) is 5.78 Å². The molecule has 0 heterocycles. The van der Waals surface area contributed by atoms with E-state index in [4.69, 9.17) is 0 Å². The van der Waals surface area contributed by atoms with Crippen molar-refractivity contribution in [3.8, 4) is 0 Å². The Kier molecular flexibility index (Phi) is 3.44. The first-order chi connectivity index (χ1) is 9.13. The molecular formula is C17H23NO. The summed E-state index contributed by atoms with van der Waals surface area (Å²) in [5, 5.41) is 0. The van der Waals surface area contributed by atoms with E-state index in [1.807, 2.05) is 6.07 Å². The number of fused-ring (bicyclic) bond motifs is 1. The molecule has 2 nitrogen and oxygen atoms in total. The molecule has 2 heteroatoms. The maximum atomic E-state index is 12.3. The minimum absolute atomic E-state index is 0.269. The van der Waals surface area contributed by atoms with Gasteiger partial charge in [0.25, 0.3) is 0 Å². The van der Waals surface area contributed by atoms with Gasteiger partial charge in [0.15, 0.2) is 5.78 Å². The second-order valence-corrected chi connectivity index (χ2v) is 6.43. The third kappa shape index (κ3) is 2.89. The van der Waals surface area contributed by atoms with Gasteiger partial charge in [-0.1, -0.05) is 19.1 Å². The van der Waals surface area contributed by atoms with Gasteiger partial charge in [-0.05, 0) is 61.8 Å². The van der Waals surface area contributed by atoms with Crippen molar-refractivity contribution < 1.29 is 4.79 Å². The monoisotopic (exact) mass is 257 g/mol. The molecule has 102 valence electrons. The number of hydrogen-bond acceptors (Lipinski definition) is 2. The molecule has 0 N–H and O–H groups in total. The minimum Gasteiger partial charge on any atom is -0.299 e. The molecule has 0 bridgehead atoms. The summed E-state index contributed by atoms with van der Waals surface area (Å²) >= 11 is 0. The zero-order chi connectivity index (χ0) is 13.4. The smallest absolute Gasteiger partial charge is 0.176 e. The van der Waals surface area contributed by atoms with Crippen LogP contribution in [0.4, 0.5) is 0 Å². The largest absolute Gasteiger partial charge is 0.299 e. The number of benzene rings is 1. The lowest BCUT2D eigenvalue weighted by atomic mass is 10.0. The first-order valence-corrected chi connectivity index (χ1v) is 7.47. The lowest BCUT2D eigenvalue weighted by Crippen LogP contribution is -2.28. The van der Waals surface area contributed by atoms with Crippen LogP contribution in [0.25, 0.3) is 0 Å². The average molecular weight is 257 g/mol. The third-order valence-corrected chi connectivity index (χ3v) is 4.66. The summed E-state index contributed by atoms with van der Waals surface area (Å²) in [6.45, 7) is 3.92. The highest BCUT2D eigenvalue weighted by Crippen LogP contribution is 2.37. The number of nitrogens with zero attached hydrogens (tertiary/aromatic N) is 1. The zero-order valence-electron chi connectivity index (χ0n) is 12.0. The number of rotatable bonds is 5. The normalized spacial score (nSPS) is 24.6. The second-order valence-electron chi connectivity index (χ2n) is 6.43. The van der Waals surface area contributed by atoms with Gasteiger partial charge >= 0.3 is 0 Å². The van der Waals surface area contributed by atoms with Crippen LogP contribution in [0.5, 0.6) is 0 Å². The summed E-state index contributed by atoms with van der Waals surface area (Å²) in [7, 11) is 2.07. The molecule has 0 radical (unpaired) electrons. The van der Waals surface area contributed by atoms with Crippen LogP contribution >= 0.6 is 0 Å². The molecule has 2 aliphatic carbocycles. The molecule has 2 aliphatic rings. The summed E-state index contributed by atoms with van der Waals surface area (Å²) < 4.78 is 0. The van der Waals surface area contributed by atoms with Crippen LogP contribution < -0.4 is 0 Å². The van der Waals surface area contributed by atoms with Gasteiger partial charge in [0, 0.05) is 12.1 Å². The highest BCUT2D eigenvalue weighted by atomic mass is 16.1. The Hall–Kier alpha value is -1.15. The van der Waals surface area contributed by atoms with E-state index in [1.54, 1.807) is 0 Å². The van der Waals surface area contributed by atoms with Crippen LogP contribution in [-0.4, -0.2) is 30.8 Å². The fourth-order valence-corrected chi connectivity index (χ4v) is 3.20. The Labute approximate surface area is 115 Å². The van der Waals surface area contributed by atoms with Crippen LogP contribution in [0.1, 0.15) is 41.3 Å². The molecule has 19 heavy (non-hydrogen) atoms. The minimum atomic E-state index is 0.269. The molecule has 1 aromatic carbocycles. The van der Waals surface area contributed by atoms with Crippen molar-refractivity contribution in [3.63, 3.8) is 0 Å². The first kappa shape index (κ1) is 12.9. The van der Waals surface area contributed by atoms with Crippen LogP contribution in [0.2, 0.25) is 0 Å². The quantitative estimate of drug-likeness (QED) is 0.756. The van der Waals surface area contributed by atoms with E-state index in [0.717, 1.165) is 30.4 Å². The highest BCUT2D eigenvalue weighted by molar-refractivity contribution is 5.97. The van der Waals surface area contributed by atoms with Crippen molar-refractivity contribution in [1.82, 2.24) is 4.90 Å². The molecule has 1 aromatic rings. The fraction of sp³-hybridized carbons (Fsp3) is 0.588. The van der Waals surface area contributed by atoms with E-state index in [1.165, 1.54) is 30.4 Å². The van der Waals surface area contributed by atoms with Gasteiger partial charge in [0.1, 0.15) is 0 Å². The van der Waals surface area contributed by atoms with Crippen molar-refractivity contribution in [2.24, 2.45) is 11.8 Å². The molecule has 1 saturated carbocycles. The van der Waals surface area contributed by atoms with Crippen molar-refractivity contribution in [2.45, 2.75) is 32.6 Å². The van der Waals surface area contributed by atoms with E-state index in [9.17, 15) is 4.79 Å². The van der Waals surface area contributed by atoms with Crippen molar-refractivity contribution >= 4 is 5.78 Å². The second kappa shape index (κ2) is 5.09. The SMILES string of the molecule is CC1CC1CN(C)CC(=O)c1ccc2c(c1)CCC2. The zero-order valence-corrected chi connectivity index (χ0v) is 12.0. The van der Waals surface area contributed by atoms with E-state index in [0.29, 0.717) is 6.54 Å². The molecule has 2 atom stereocenters. The summed E-state index contributed by atoms with van der Waals surface area (Å²) in [6.07, 6.45) is 4.90. The van der Waals surface area contributed by atoms with Crippen molar-refractivity contribution in [3.05, 3.63) is 34.9 Å². The number of aryl methyl sites for hydroxylation is 2. The van der Waals surface area contributed by atoms with Gasteiger partial charge in [-0.15, -0.1) is 0 Å². The van der Waals surface area contributed by atoms with Gasteiger partial charge < -0.3 is 0 Å². The molecule has 0 aliphatic heterocycles. The Morgan fingerprint density at radius 3 is 2.79 bits per heavy atom. The standard InChI is InChI=1S/C17H23NO/c1-12-8-16(12)10-18(2)11-17(19)15-7-6-13-4-3-5-14(13)9-15/h6-7,9,12,16H,3-5,8,10-11H2,1-2H3. The highest BCUT2D eigenvalue weighted by Gasteiger charge is 2.33. The summed E-state index contributed by atoms with van der Waals surface area (Å²) in [5.74, 6) is 1.95. The van der Waals surface area contributed by atoms with Gasteiger partial charge in [0.05, 0.1) is 6.54 Å². The number of carbonyl (C=O) groups is 1. The van der Waals surface area contributed by atoms with Crippen LogP contribution in [0.15, 0.2) is 18.2 Å². The molecular weight excluding hydrogens is 234 g/mol. The molecule has 1 fully saturated rings. The van der Waals surface area contributed by atoms with Crippen LogP contribution in [0, 0.1) is 11.8 Å². The maximum absolute atomic E-state index is 12.3. The fourth-order valence-electron chi connectivity index (χ4n) is 3.20. The van der Waals surface area contributed by atoms with E-state index >= 15 is 0 Å². The lowest BCUT2D eigenvalue weighted by molar-refractivity contribution is 0.0943. The van der Waals surface area contributed by atoms with Gasteiger partial charge in [-0.25, -0.2) is 0 Å². The Morgan fingerprint density at radius 2 is 2.05 bits per heavy atom. The summed E-state index contributed by atoms with van der Waals surface area (Å²) in [4.78, 5) is 14.5. The summed E-state index contributed by atoms with van der Waals surface area (Å²) in [5.41, 5.74) is 3.73. The number of carbonyl (C=O) groups excluding carboxylic acids is 1. The lowest BCUT2D eigenvalue weighted by Gasteiger charge is -2.15. The van der Waals surface area contributed by atoms with E-state index in [2.05, 4.69) is 31.0 Å². The number of ketones is 1. The average Bonchev–Trinajstić information content (AvgIpc) is 2.91. The Balaban J connectivity index is 1.60. The van der Waals surface area contributed by atoms with Gasteiger partial charge in [-0.3, -0.25) is 9.69 Å². The van der Waals surface area contributed by atoms with Crippen molar-refractivity contribution in [1.29, 1.82) is 0 Å². The number of likely N-dealkylation sites (N-methyl/N-ethyl adjacent to an activating group) is 1. The predicted molar refractivity (Wildman–Crippen MR) is 77.6 cm³/mol. The summed E-state index contributed by atoms with van der Waals surface area (Å²) in [6, 6.07) is 6.29. The number of hydrogen-bond donors (Lipinski definition) is 0. The topological polar surface area (TPSA) is 20.3 Å². The van der Waals surface area contributed by atoms with Crippen LogP contribution in [0.3, 0.4) is 0 Å². The molecule has 3 rings (SSSR count).